The van der Waals surface area contributed by atoms with Crippen molar-refractivity contribution in [3.63, 3.8) is 0 Å². The molecule has 1 unspecified atom stereocenters. The molecule has 0 bridgehead atoms. The second-order valence-corrected chi connectivity index (χ2v) is 7.36. The van der Waals surface area contributed by atoms with Crippen LogP contribution in [0.25, 0.3) is 0 Å². The average molecular weight is 362 g/mol. The molecule has 0 aromatic heterocycles. The topological polar surface area (TPSA) is 66.0 Å². The van der Waals surface area contributed by atoms with Crippen molar-refractivity contribution < 1.29 is 9.53 Å². The first-order chi connectivity index (χ1) is 12.3. The summed E-state index contributed by atoms with van der Waals surface area (Å²) in [6.45, 7) is 1.56. The van der Waals surface area contributed by atoms with Gasteiger partial charge in [0.1, 0.15) is 5.75 Å². The molecule has 3 rings (SSSR count). The number of nitrogens with one attached hydrogen (secondary N) is 2. The van der Waals surface area contributed by atoms with Crippen molar-refractivity contribution in [3.8, 4) is 5.75 Å². The number of benzene rings is 1. The normalized spacial score (nSPS) is 20.7. The number of rotatable bonds is 5. The molecule has 0 spiro atoms. The smallest absolute Gasteiger partial charge is 0.265 e. The summed E-state index contributed by atoms with van der Waals surface area (Å²) in [5.41, 5.74) is 0.862. The van der Waals surface area contributed by atoms with Crippen molar-refractivity contribution >= 4 is 29.3 Å². The minimum absolute atomic E-state index is 0.0143. The third kappa shape index (κ3) is 4.81. The molecule has 6 nitrogen and oxygen atoms in total. The number of hydrogen-bond donors (Lipinski definition) is 2. The first-order valence-electron chi connectivity index (χ1n) is 8.85. The number of aliphatic imine (C=N–C) groups is 1. The molecule has 136 valence electrons. The number of amides is 1. The molecular formula is C18H26N4O2S. The van der Waals surface area contributed by atoms with Gasteiger partial charge in [-0.25, -0.2) is 0 Å². The van der Waals surface area contributed by atoms with Crippen molar-refractivity contribution in [2.24, 2.45) is 4.99 Å². The first kappa shape index (κ1) is 17.9. The Balaban J connectivity index is 1.45. The van der Waals surface area contributed by atoms with E-state index in [1.165, 1.54) is 18.6 Å². The summed E-state index contributed by atoms with van der Waals surface area (Å²) in [6, 6.07) is 8.19. The molecule has 7 heteroatoms. The lowest BCUT2D eigenvalue weighted by atomic mass is 10.2. The monoisotopic (exact) mass is 362 g/mol. The molecule has 1 aromatic carbocycles. The van der Waals surface area contributed by atoms with Gasteiger partial charge in [-0.05, 0) is 37.1 Å². The van der Waals surface area contributed by atoms with E-state index in [-0.39, 0.29) is 12.5 Å². The van der Waals surface area contributed by atoms with Crippen LogP contribution in [0.2, 0.25) is 0 Å². The van der Waals surface area contributed by atoms with Crippen LogP contribution in [0.5, 0.6) is 5.75 Å². The summed E-state index contributed by atoms with van der Waals surface area (Å²) in [4.78, 5) is 18.3. The van der Waals surface area contributed by atoms with Gasteiger partial charge in [-0.15, -0.1) is 0 Å². The number of ether oxygens (including phenoxy) is 1. The fourth-order valence-corrected chi connectivity index (χ4v) is 4.16. The van der Waals surface area contributed by atoms with Crippen molar-refractivity contribution in [2.45, 2.75) is 25.3 Å². The van der Waals surface area contributed by atoms with E-state index in [2.05, 4.69) is 15.6 Å². The third-order valence-corrected chi connectivity index (χ3v) is 5.60. The molecule has 25 heavy (non-hydrogen) atoms. The second-order valence-electron chi connectivity index (χ2n) is 6.21. The van der Waals surface area contributed by atoms with Gasteiger partial charge >= 0.3 is 0 Å². The van der Waals surface area contributed by atoms with E-state index < -0.39 is 0 Å². The van der Waals surface area contributed by atoms with Gasteiger partial charge in [0, 0.05) is 31.9 Å². The molecule has 2 aliphatic rings. The number of fused-ring (bicyclic) bond motifs is 1. The zero-order chi connectivity index (χ0) is 17.5. The number of carbonyl (C=O) groups is 1. The number of hydrogen-bond acceptors (Lipinski definition) is 4. The molecule has 1 fully saturated rings. The largest absolute Gasteiger partial charge is 0.482 e. The van der Waals surface area contributed by atoms with Crippen LogP contribution in [0.3, 0.4) is 0 Å². The number of para-hydroxylation sites is 2. The number of carbonyl (C=O) groups excluding carboxylic acids is 1. The van der Waals surface area contributed by atoms with Crippen LogP contribution in [0, 0.1) is 0 Å². The summed E-state index contributed by atoms with van der Waals surface area (Å²) in [7, 11) is 1.80. The maximum absolute atomic E-state index is 12.1. The number of anilines is 1. The van der Waals surface area contributed by atoms with E-state index in [0.717, 1.165) is 36.1 Å². The zero-order valence-corrected chi connectivity index (χ0v) is 15.5. The highest BCUT2D eigenvalue weighted by Crippen LogP contribution is 2.31. The highest BCUT2D eigenvalue weighted by atomic mass is 32.2. The predicted molar refractivity (Wildman–Crippen MR) is 104 cm³/mol. The maximum Gasteiger partial charge on any atom is 0.265 e. The Morgan fingerprint density at radius 1 is 1.44 bits per heavy atom. The molecule has 1 atom stereocenters. The van der Waals surface area contributed by atoms with Crippen LogP contribution in [0.4, 0.5) is 5.69 Å². The quantitative estimate of drug-likeness (QED) is 0.476. The Morgan fingerprint density at radius 2 is 2.32 bits per heavy atom. The van der Waals surface area contributed by atoms with Gasteiger partial charge in [0.05, 0.1) is 5.69 Å². The maximum atomic E-state index is 12.1. The number of nitrogens with zero attached hydrogens (tertiary/aromatic N) is 2. The van der Waals surface area contributed by atoms with Crippen molar-refractivity contribution in [3.05, 3.63) is 24.3 Å². The van der Waals surface area contributed by atoms with Gasteiger partial charge < -0.3 is 20.3 Å². The first-order valence-corrected chi connectivity index (χ1v) is 10.0. The van der Waals surface area contributed by atoms with Crippen LogP contribution in [-0.2, 0) is 4.79 Å². The van der Waals surface area contributed by atoms with E-state index >= 15 is 0 Å². The number of guanidine groups is 1. The van der Waals surface area contributed by atoms with Crippen LogP contribution in [-0.4, -0.2) is 56.2 Å². The van der Waals surface area contributed by atoms with Gasteiger partial charge in [0.25, 0.3) is 5.91 Å². The van der Waals surface area contributed by atoms with Gasteiger partial charge in [-0.1, -0.05) is 12.1 Å². The molecule has 1 amide bonds. The van der Waals surface area contributed by atoms with Crippen molar-refractivity contribution in [1.29, 1.82) is 0 Å². The molecule has 1 saturated heterocycles. The second kappa shape index (κ2) is 8.99. The molecule has 0 aliphatic carbocycles. The van der Waals surface area contributed by atoms with Gasteiger partial charge in [0.2, 0.25) is 0 Å². The molecular weight excluding hydrogens is 336 g/mol. The average Bonchev–Trinajstić information content (AvgIpc) is 2.66. The molecule has 2 aliphatic heterocycles. The third-order valence-electron chi connectivity index (χ3n) is 4.38. The fraction of sp³-hybridized carbons (Fsp3) is 0.556. The highest BCUT2D eigenvalue weighted by molar-refractivity contribution is 7.99. The minimum atomic E-state index is 0.0143. The van der Waals surface area contributed by atoms with Crippen LogP contribution in [0.15, 0.2) is 29.3 Å². The standard InChI is InChI=1S/C18H26N4O2S/c1-19-18(21-14-6-4-11-25-13-14)20-9-5-10-22-15-7-2-3-8-16(15)24-12-17(22)23/h2-3,7-8,14H,4-6,9-13H2,1H3,(H2,19,20,21). The molecule has 2 heterocycles. The zero-order valence-electron chi connectivity index (χ0n) is 14.7. The van der Waals surface area contributed by atoms with E-state index in [1.54, 1.807) is 7.05 Å². The lowest BCUT2D eigenvalue weighted by Gasteiger charge is -2.29. The summed E-state index contributed by atoms with van der Waals surface area (Å²) >= 11 is 2.00. The summed E-state index contributed by atoms with van der Waals surface area (Å²) in [5, 5.41) is 6.84. The van der Waals surface area contributed by atoms with Gasteiger partial charge in [-0.3, -0.25) is 9.79 Å². The van der Waals surface area contributed by atoms with Crippen molar-refractivity contribution in [2.75, 3.05) is 43.1 Å². The predicted octanol–water partition coefficient (Wildman–Crippen LogP) is 1.86. The summed E-state index contributed by atoms with van der Waals surface area (Å²) in [6.07, 6.45) is 3.31. The van der Waals surface area contributed by atoms with E-state index in [0.29, 0.717) is 12.6 Å². The Labute approximate surface area is 153 Å². The van der Waals surface area contributed by atoms with Crippen LogP contribution >= 0.6 is 11.8 Å². The highest BCUT2D eigenvalue weighted by Gasteiger charge is 2.24. The van der Waals surface area contributed by atoms with Gasteiger partial charge in [0.15, 0.2) is 12.6 Å². The molecule has 1 aromatic rings. The Kier molecular flexibility index (Phi) is 6.44. The number of thioether (sulfide) groups is 1. The van der Waals surface area contributed by atoms with E-state index in [4.69, 9.17) is 4.74 Å². The summed E-state index contributed by atoms with van der Waals surface area (Å²) in [5.74, 6) is 4.04. The van der Waals surface area contributed by atoms with Crippen LogP contribution < -0.4 is 20.3 Å². The lowest BCUT2D eigenvalue weighted by molar-refractivity contribution is -0.121. The minimum Gasteiger partial charge on any atom is -0.482 e. The Bertz CT molecular complexity index is 617. The van der Waals surface area contributed by atoms with Gasteiger partial charge in [-0.2, -0.15) is 11.8 Å². The SMILES string of the molecule is CN=C(NCCCN1C(=O)COc2ccccc21)NC1CCCSC1. The van der Waals surface area contributed by atoms with E-state index in [9.17, 15) is 4.79 Å². The molecule has 0 saturated carbocycles. The van der Waals surface area contributed by atoms with Crippen molar-refractivity contribution in [1.82, 2.24) is 10.6 Å². The molecule has 0 radical (unpaired) electrons. The Morgan fingerprint density at radius 3 is 3.12 bits per heavy atom. The Hall–Kier alpha value is -1.89. The molecule has 2 N–H and O–H groups in total. The van der Waals surface area contributed by atoms with Crippen LogP contribution in [0.1, 0.15) is 19.3 Å². The summed E-state index contributed by atoms with van der Waals surface area (Å²) < 4.78 is 5.47. The lowest BCUT2D eigenvalue weighted by Crippen LogP contribution is -2.46. The van der Waals surface area contributed by atoms with E-state index in [1.807, 2.05) is 40.9 Å². The fourth-order valence-electron chi connectivity index (χ4n) is 3.09.